The molecule has 1 fully saturated rings. The van der Waals surface area contributed by atoms with Crippen LogP contribution in [0.3, 0.4) is 0 Å². The van der Waals surface area contributed by atoms with E-state index >= 15 is 0 Å². The van der Waals surface area contributed by atoms with E-state index in [0.717, 1.165) is 48.2 Å². The molecule has 1 aliphatic rings. The molecule has 0 radical (unpaired) electrons. The van der Waals surface area contributed by atoms with Gasteiger partial charge in [0.05, 0.1) is 11.9 Å². The Labute approximate surface area is 273 Å². The molecule has 1 atom stereocenters. The highest BCUT2D eigenvalue weighted by atomic mass is 35.5. The maximum absolute atomic E-state index is 14.3. The van der Waals surface area contributed by atoms with Gasteiger partial charge < -0.3 is 10.2 Å². The van der Waals surface area contributed by atoms with Gasteiger partial charge in [-0.1, -0.05) is 102 Å². The molecule has 4 rings (SSSR count). The highest BCUT2D eigenvalue weighted by molar-refractivity contribution is 7.92. The number of halogens is 4. The number of carbonyl (C=O) groups excluding carboxylic acids is 2. The molecule has 0 spiro atoms. The van der Waals surface area contributed by atoms with Gasteiger partial charge in [-0.2, -0.15) is 0 Å². The molecule has 0 heterocycles. The van der Waals surface area contributed by atoms with Crippen molar-refractivity contribution in [3.8, 4) is 0 Å². The molecule has 43 heavy (non-hydrogen) atoms. The van der Waals surface area contributed by atoms with Gasteiger partial charge in [0, 0.05) is 44.7 Å². The number of carbonyl (C=O) groups is 2. The standard InChI is InChI=1S/C31H33Cl4N3O4S/c1-43(41,42)38(25-17-22(32)16-23(33)18-25)20-30(39)37(19-26-27(34)13-8-14-28(26)35)29(15-21-9-4-2-5-10-21)31(40)36-24-11-6-3-7-12-24/h2,4-5,8-10,13-14,16-18,24,29H,3,6-7,11-12,15,19-20H2,1H3,(H,36,40)/t29-/m0/s1. The summed E-state index contributed by atoms with van der Waals surface area (Å²) in [6, 6.07) is 17.6. The average molecular weight is 686 g/mol. The van der Waals surface area contributed by atoms with Crippen LogP contribution in [0.5, 0.6) is 0 Å². The maximum Gasteiger partial charge on any atom is 0.244 e. The third kappa shape index (κ3) is 9.25. The molecule has 1 saturated carbocycles. The van der Waals surface area contributed by atoms with Gasteiger partial charge in [0.1, 0.15) is 12.6 Å². The van der Waals surface area contributed by atoms with Crippen molar-refractivity contribution < 1.29 is 18.0 Å². The lowest BCUT2D eigenvalue weighted by Gasteiger charge is -2.35. The van der Waals surface area contributed by atoms with E-state index in [4.69, 9.17) is 46.4 Å². The molecule has 3 aromatic carbocycles. The van der Waals surface area contributed by atoms with Gasteiger partial charge in [0.25, 0.3) is 0 Å². The molecule has 2 amide bonds. The van der Waals surface area contributed by atoms with Crippen molar-refractivity contribution in [1.29, 1.82) is 0 Å². The van der Waals surface area contributed by atoms with Gasteiger partial charge in [-0.15, -0.1) is 0 Å². The van der Waals surface area contributed by atoms with E-state index in [1.54, 1.807) is 18.2 Å². The lowest BCUT2D eigenvalue weighted by Crippen LogP contribution is -2.55. The van der Waals surface area contributed by atoms with Crippen LogP contribution in [0, 0.1) is 0 Å². The topological polar surface area (TPSA) is 86.8 Å². The molecule has 3 aromatic rings. The molecule has 7 nitrogen and oxygen atoms in total. The predicted octanol–water partition coefficient (Wildman–Crippen LogP) is 7.16. The fourth-order valence-corrected chi connectivity index (χ4v) is 7.11. The minimum atomic E-state index is -3.98. The Balaban J connectivity index is 1.77. The van der Waals surface area contributed by atoms with E-state index in [1.807, 2.05) is 30.3 Å². The van der Waals surface area contributed by atoms with Crippen LogP contribution in [0.4, 0.5) is 5.69 Å². The monoisotopic (exact) mass is 683 g/mol. The van der Waals surface area contributed by atoms with Crippen molar-refractivity contribution in [2.75, 3.05) is 17.1 Å². The SMILES string of the molecule is CS(=O)(=O)N(CC(=O)N(Cc1c(Cl)cccc1Cl)[C@@H](Cc1ccccc1)C(=O)NC1CCCCC1)c1cc(Cl)cc(Cl)c1. The Morgan fingerprint density at radius 1 is 0.884 bits per heavy atom. The summed E-state index contributed by atoms with van der Waals surface area (Å²) in [6.07, 6.45) is 6.02. The zero-order chi connectivity index (χ0) is 31.1. The molecule has 0 aliphatic heterocycles. The fourth-order valence-electron chi connectivity index (χ4n) is 5.25. The first-order valence-corrected chi connectivity index (χ1v) is 17.3. The summed E-state index contributed by atoms with van der Waals surface area (Å²) in [5.41, 5.74) is 1.39. The van der Waals surface area contributed by atoms with E-state index in [0.29, 0.717) is 15.6 Å². The Morgan fingerprint density at radius 3 is 2.07 bits per heavy atom. The third-order valence-electron chi connectivity index (χ3n) is 7.43. The Morgan fingerprint density at radius 2 is 1.49 bits per heavy atom. The number of amides is 2. The van der Waals surface area contributed by atoms with Gasteiger partial charge in [-0.25, -0.2) is 8.42 Å². The van der Waals surface area contributed by atoms with E-state index in [1.165, 1.54) is 23.1 Å². The highest BCUT2D eigenvalue weighted by Gasteiger charge is 2.35. The van der Waals surface area contributed by atoms with E-state index < -0.39 is 28.5 Å². The molecule has 12 heteroatoms. The minimum absolute atomic E-state index is 0.0125. The smallest absolute Gasteiger partial charge is 0.244 e. The van der Waals surface area contributed by atoms with Gasteiger partial charge >= 0.3 is 0 Å². The number of rotatable bonds is 11. The van der Waals surface area contributed by atoms with Crippen LogP contribution >= 0.6 is 46.4 Å². The van der Waals surface area contributed by atoms with Crippen LogP contribution in [0.1, 0.15) is 43.2 Å². The number of hydrogen-bond donors (Lipinski definition) is 1. The quantitative estimate of drug-likeness (QED) is 0.232. The van der Waals surface area contributed by atoms with E-state index in [-0.39, 0.29) is 40.6 Å². The lowest BCUT2D eigenvalue weighted by atomic mass is 9.94. The third-order valence-corrected chi connectivity index (χ3v) is 9.71. The molecule has 1 aliphatic carbocycles. The molecule has 0 unspecified atom stereocenters. The van der Waals surface area contributed by atoms with Gasteiger partial charge in [0.2, 0.25) is 21.8 Å². The van der Waals surface area contributed by atoms with Crippen molar-refractivity contribution in [2.24, 2.45) is 0 Å². The second-order valence-corrected chi connectivity index (χ2v) is 14.3. The molecule has 0 saturated heterocycles. The van der Waals surface area contributed by atoms with Crippen LogP contribution in [0.25, 0.3) is 0 Å². The van der Waals surface area contributed by atoms with Crippen molar-refractivity contribution >= 4 is 73.9 Å². The summed E-state index contributed by atoms with van der Waals surface area (Å²) >= 11 is 25.4. The number of hydrogen-bond acceptors (Lipinski definition) is 4. The molecular formula is C31H33Cl4N3O4S. The van der Waals surface area contributed by atoms with Crippen LogP contribution < -0.4 is 9.62 Å². The fraction of sp³-hybridized carbons (Fsp3) is 0.355. The van der Waals surface area contributed by atoms with Crippen LogP contribution in [0.15, 0.2) is 66.7 Å². The predicted molar refractivity (Wildman–Crippen MR) is 175 cm³/mol. The summed E-state index contributed by atoms with van der Waals surface area (Å²) in [4.78, 5) is 29.7. The first-order valence-electron chi connectivity index (χ1n) is 13.9. The van der Waals surface area contributed by atoms with Crippen LogP contribution in [-0.4, -0.2) is 50.0 Å². The Kier molecular flexibility index (Phi) is 11.6. The molecule has 0 bridgehead atoms. The number of sulfonamides is 1. The summed E-state index contributed by atoms with van der Waals surface area (Å²) in [5, 5.41) is 4.20. The number of nitrogens with zero attached hydrogens (tertiary/aromatic N) is 2. The number of nitrogens with one attached hydrogen (secondary N) is 1. The second-order valence-electron chi connectivity index (χ2n) is 10.7. The zero-order valence-corrected chi connectivity index (χ0v) is 27.5. The van der Waals surface area contributed by atoms with Crippen LogP contribution in [-0.2, 0) is 32.6 Å². The first-order chi connectivity index (χ1) is 20.4. The Hall–Kier alpha value is -2.49. The number of benzene rings is 3. The van der Waals surface area contributed by atoms with Gasteiger partial charge in [-0.3, -0.25) is 13.9 Å². The second kappa shape index (κ2) is 15.0. The van der Waals surface area contributed by atoms with E-state index in [2.05, 4.69) is 5.32 Å². The first kappa shape index (κ1) is 33.4. The number of anilines is 1. The Bertz CT molecular complexity index is 1510. The summed E-state index contributed by atoms with van der Waals surface area (Å²) in [5.74, 6) is -0.957. The van der Waals surface area contributed by atoms with Crippen molar-refractivity contribution in [2.45, 2.75) is 57.2 Å². The van der Waals surface area contributed by atoms with Crippen LogP contribution in [0.2, 0.25) is 20.1 Å². The van der Waals surface area contributed by atoms with E-state index in [9.17, 15) is 18.0 Å². The zero-order valence-electron chi connectivity index (χ0n) is 23.6. The highest BCUT2D eigenvalue weighted by Crippen LogP contribution is 2.30. The molecule has 1 N–H and O–H groups in total. The molecule has 230 valence electrons. The van der Waals surface area contributed by atoms with Gasteiger partial charge in [0.15, 0.2) is 0 Å². The van der Waals surface area contributed by atoms with Gasteiger partial charge in [-0.05, 0) is 48.7 Å². The maximum atomic E-state index is 14.3. The van der Waals surface area contributed by atoms with Crippen molar-refractivity contribution in [3.05, 3.63) is 97.9 Å². The summed E-state index contributed by atoms with van der Waals surface area (Å²) in [6.45, 7) is -0.736. The lowest BCUT2D eigenvalue weighted by molar-refractivity contribution is -0.140. The molecular weight excluding hydrogens is 652 g/mol. The average Bonchev–Trinajstić information content (AvgIpc) is 2.94. The van der Waals surface area contributed by atoms with Crippen molar-refractivity contribution in [3.63, 3.8) is 0 Å². The summed E-state index contributed by atoms with van der Waals surface area (Å²) < 4.78 is 26.9. The largest absolute Gasteiger partial charge is 0.352 e. The molecule has 0 aromatic heterocycles. The minimum Gasteiger partial charge on any atom is -0.352 e. The normalized spacial score (nSPS) is 14.6. The van der Waals surface area contributed by atoms with Crippen molar-refractivity contribution in [1.82, 2.24) is 10.2 Å². The summed E-state index contributed by atoms with van der Waals surface area (Å²) in [7, 11) is -3.98.